The number of halogens is 4. The van der Waals surface area contributed by atoms with Crippen LogP contribution in [0.25, 0.3) is 10.8 Å². The van der Waals surface area contributed by atoms with Crippen LogP contribution in [0.15, 0.2) is 42.5 Å². The summed E-state index contributed by atoms with van der Waals surface area (Å²) in [5.41, 5.74) is 1.32. The summed E-state index contributed by atoms with van der Waals surface area (Å²) in [6, 6.07) is 14.9. The molecule has 5 heteroatoms. The fraction of sp³-hybridized carbons (Fsp3) is 0.0909. The summed E-state index contributed by atoms with van der Waals surface area (Å²) in [5.74, 6) is 0. The minimum Gasteiger partial charge on any atom is -1.00 e. The van der Waals surface area contributed by atoms with Crippen molar-refractivity contribution in [2.75, 3.05) is 0 Å². The molecule has 2 aromatic carbocycles. The van der Waals surface area contributed by atoms with Gasteiger partial charge in [-0.05, 0) is 17.7 Å². The fourth-order valence-electron chi connectivity index (χ4n) is 1.31. The average molecular weight is 332 g/mol. The van der Waals surface area contributed by atoms with Crippen molar-refractivity contribution in [2.24, 2.45) is 0 Å². The van der Waals surface area contributed by atoms with Gasteiger partial charge in [0.25, 0.3) is 0 Å². The molecule has 0 aliphatic rings. The number of benzene rings is 2. The quantitative estimate of drug-likeness (QED) is 0.421. The Morgan fingerprint density at radius 2 is 1.19 bits per heavy atom. The van der Waals surface area contributed by atoms with Crippen LogP contribution in [0.5, 0.6) is 0 Å². The van der Waals surface area contributed by atoms with Crippen molar-refractivity contribution < 1.29 is 71.3 Å². The zero-order valence-corrected chi connectivity index (χ0v) is 13.1. The number of hydrogen-bond donors (Lipinski definition) is 0. The topological polar surface area (TPSA) is 0 Å². The first-order valence-corrected chi connectivity index (χ1v) is 3.82. The molecule has 0 atom stereocenters. The Labute approximate surface area is 136 Å². The van der Waals surface area contributed by atoms with E-state index in [1.807, 2.05) is 0 Å². The van der Waals surface area contributed by atoms with Gasteiger partial charge in [-0.25, -0.2) is 0 Å². The molecule has 2 aromatic rings. The fourth-order valence-corrected chi connectivity index (χ4v) is 1.31. The second kappa shape index (κ2) is 12.0. The van der Waals surface area contributed by atoms with Crippen LogP contribution < -0.4 is 49.6 Å². The van der Waals surface area contributed by atoms with Gasteiger partial charge < -0.3 is 49.6 Å². The smallest absolute Gasteiger partial charge is 1.00 e. The zero-order chi connectivity index (χ0) is 7.68. The first kappa shape index (κ1) is 25.4. The molecule has 0 saturated heterocycles. The molecule has 0 N–H and O–H groups in total. The Bertz CT molecular complexity index is 392. The molecule has 0 aliphatic heterocycles. The van der Waals surface area contributed by atoms with Gasteiger partial charge in [-0.2, -0.15) is 0 Å². The van der Waals surface area contributed by atoms with Crippen LogP contribution in [0, 0.1) is 6.92 Å². The van der Waals surface area contributed by atoms with Crippen molar-refractivity contribution in [1.29, 1.82) is 0 Å². The van der Waals surface area contributed by atoms with Gasteiger partial charge in [0, 0.05) is 0 Å². The monoisotopic (exact) mass is 330 g/mol. The van der Waals surface area contributed by atoms with Gasteiger partial charge in [0.15, 0.2) is 0 Å². The molecule has 0 aliphatic carbocycles. The molecular weight excluding hydrogens is 322 g/mol. The van der Waals surface area contributed by atoms with Crippen LogP contribution in [-0.4, -0.2) is 0 Å². The average Bonchev–Trinajstić information content (AvgIpc) is 2.04. The third-order valence-electron chi connectivity index (χ3n) is 1.90. The van der Waals surface area contributed by atoms with E-state index in [-0.39, 0.29) is 71.3 Å². The van der Waals surface area contributed by atoms with Gasteiger partial charge >= 0.3 is 21.7 Å². The maximum absolute atomic E-state index is 2.20. The molecule has 2 rings (SSSR count). The Balaban J connectivity index is -0.000000144. The summed E-state index contributed by atoms with van der Waals surface area (Å²) in [6.07, 6.45) is 0. The largest absolute Gasteiger partial charge is 4.00 e. The van der Waals surface area contributed by atoms with Crippen LogP contribution in [0.2, 0.25) is 0 Å². The maximum atomic E-state index is 2.20. The van der Waals surface area contributed by atoms with Crippen LogP contribution in [0.4, 0.5) is 0 Å². The number of hydrogen-bond acceptors (Lipinski definition) is 0. The molecule has 0 fully saturated rings. The van der Waals surface area contributed by atoms with E-state index in [2.05, 4.69) is 49.4 Å². The van der Waals surface area contributed by atoms with Gasteiger partial charge in [-0.1, -0.05) is 48.0 Å². The SMILES string of the molecule is Cc1ccc2ccccc2c1.[Cl-].[Cl-].[Cl-].[Cl-].[Ti+4]. The Morgan fingerprint density at radius 1 is 0.688 bits per heavy atom. The zero-order valence-electron chi connectivity index (χ0n) is 8.55. The molecule has 0 unspecified atom stereocenters. The molecule has 0 spiro atoms. The van der Waals surface area contributed by atoms with Crippen molar-refractivity contribution >= 4 is 10.8 Å². The van der Waals surface area contributed by atoms with E-state index in [0.717, 1.165) is 0 Å². The minimum atomic E-state index is 0. The van der Waals surface area contributed by atoms with Crippen molar-refractivity contribution in [3.05, 3.63) is 48.0 Å². The summed E-state index contributed by atoms with van der Waals surface area (Å²) in [5, 5.41) is 2.64. The van der Waals surface area contributed by atoms with Gasteiger partial charge in [0.05, 0.1) is 0 Å². The number of fused-ring (bicyclic) bond motifs is 1. The van der Waals surface area contributed by atoms with Crippen molar-refractivity contribution in [1.82, 2.24) is 0 Å². The van der Waals surface area contributed by atoms with Crippen molar-refractivity contribution in [2.45, 2.75) is 6.92 Å². The van der Waals surface area contributed by atoms with Gasteiger partial charge in [-0.3, -0.25) is 0 Å². The molecular formula is C11H10Cl4Ti. The second-order valence-corrected chi connectivity index (χ2v) is 2.85. The summed E-state index contributed by atoms with van der Waals surface area (Å²) in [4.78, 5) is 0. The van der Waals surface area contributed by atoms with Crippen LogP contribution >= 0.6 is 0 Å². The van der Waals surface area contributed by atoms with Crippen molar-refractivity contribution in [3.8, 4) is 0 Å². The molecule has 0 radical (unpaired) electrons. The summed E-state index contributed by atoms with van der Waals surface area (Å²) in [6.45, 7) is 2.12. The Hall–Kier alpha value is 0.574. The van der Waals surface area contributed by atoms with Gasteiger partial charge in [0.1, 0.15) is 0 Å². The van der Waals surface area contributed by atoms with E-state index in [9.17, 15) is 0 Å². The summed E-state index contributed by atoms with van der Waals surface area (Å²) >= 11 is 0. The predicted molar refractivity (Wildman–Crippen MR) is 48.7 cm³/mol. The Morgan fingerprint density at radius 3 is 1.75 bits per heavy atom. The first-order chi connectivity index (χ1) is 5.36. The minimum absolute atomic E-state index is 0. The third-order valence-corrected chi connectivity index (χ3v) is 1.90. The molecule has 86 valence electrons. The molecule has 0 aromatic heterocycles. The molecule has 0 amide bonds. The summed E-state index contributed by atoms with van der Waals surface area (Å²) in [7, 11) is 0. The number of rotatable bonds is 0. The van der Waals surface area contributed by atoms with Crippen molar-refractivity contribution in [3.63, 3.8) is 0 Å². The number of aryl methyl sites for hydroxylation is 1. The molecule has 0 heterocycles. The second-order valence-electron chi connectivity index (χ2n) is 2.85. The standard InChI is InChI=1S/C11H10.4ClH.Ti/c1-9-6-7-10-4-2-3-5-11(10)8-9;;;;;/h2-8H,1H3;4*1H;/q;;;;;+4/p-4. The van der Waals surface area contributed by atoms with E-state index < -0.39 is 0 Å². The normalized spacial score (nSPS) is 7.06. The summed E-state index contributed by atoms with van der Waals surface area (Å²) < 4.78 is 0. The van der Waals surface area contributed by atoms with Gasteiger partial charge in [-0.15, -0.1) is 0 Å². The van der Waals surface area contributed by atoms with Crippen LogP contribution in [-0.2, 0) is 21.7 Å². The van der Waals surface area contributed by atoms with Crippen LogP contribution in [0.1, 0.15) is 5.56 Å². The third kappa shape index (κ3) is 6.34. The van der Waals surface area contributed by atoms with E-state index >= 15 is 0 Å². The van der Waals surface area contributed by atoms with Crippen LogP contribution in [0.3, 0.4) is 0 Å². The van der Waals surface area contributed by atoms with E-state index in [1.165, 1.54) is 16.3 Å². The molecule has 0 nitrogen and oxygen atoms in total. The van der Waals surface area contributed by atoms with E-state index in [4.69, 9.17) is 0 Å². The van der Waals surface area contributed by atoms with E-state index in [0.29, 0.717) is 0 Å². The maximum Gasteiger partial charge on any atom is 4.00 e. The van der Waals surface area contributed by atoms with Gasteiger partial charge in [0.2, 0.25) is 0 Å². The first-order valence-electron chi connectivity index (χ1n) is 3.82. The van der Waals surface area contributed by atoms with E-state index in [1.54, 1.807) is 0 Å². The molecule has 0 bridgehead atoms. The molecule has 16 heavy (non-hydrogen) atoms. The Kier molecular flexibility index (Phi) is 19.1. The molecule has 0 saturated carbocycles. The predicted octanol–water partition coefficient (Wildman–Crippen LogP) is -8.84.